The van der Waals surface area contributed by atoms with Crippen molar-refractivity contribution < 1.29 is 91.1 Å². The Kier molecular flexibility index (Phi) is 9.69. The van der Waals surface area contributed by atoms with Gasteiger partial charge in [-0.2, -0.15) is 0 Å². The van der Waals surface area contributed by atoms with Gasteiger partial charge in [-0.1, -0.05) is 30.3 Å². The van der Waals surface area contributed by atoms with Crippen LogP contribution < -0.4 is 82.5 Å². The molecule has 4 rings (SSSR count). The van der Waals surface area contributed by atoms with E-state index in [0.29, 0.717) is 35.5 Å². The summed E-state index contributed by atoms with van der Waals surface area (Å²) in [6.45, 7) is 0.303. The quantitative estimate of drug-likeness (QED) is 0.250. The Morgan fingerprint density at radius 1 is 0.909 bits per heavy atom. The third-order valence-corrected chi connectivity index (χ3v) is 7.23. The van der Waals surface area contributed by atoms with E-state index in [0.717, 1.165) is 5.56 Å². The zero-order valence-corrected chi connectivity index (χ0v) is 24.1. The molecule has 0 fully saturated rings. The van der Waals surface area contributed by atoms with Gasteiger partial charge in [0.05, 0.1) is 17.7 Å². The van der Waals surface area contributed by atoms with Crippen molar-refractivity contribution in [3.05, 3.63) is 72.3 Å². The average molecular weight is 505 g/mol. The summed E-state index contributed by atoms with van der Waals surface area (Å²) in [6, 6.07) is 17.6. The van der Waals surface area contributed by atoms with Crippen LogP contribution in [0.1, 0.15) is 5.56 Å². The van der Waals surface area contributed by atoms with Gasteiger partial charge in [0.25, 0.3) is 10.0 Å². The number of phosphoric ester groups is 1. The number of hydrogen-bond donors (Lipinski definition) is 0. The molecule has 3 aromatic rings. The summed E-state index contributed by atoms with van der Waals surface area (Å²) in [6.07, 6.45) is 0.565. The minimum absolute atomic E-state index is 0. The van der Waals surface area contributed by atoms with Crippen LogP contribution in [0.3, 0.4) is 0 Å². The van der Waals surface area contributed by atoms with Gasteiger partial charge in [-0.25, -0.2) is 8.42 Å². The first-order valence-corrected chi connectivity index (χ1v) is 12.2. The van der Waals surface area contributed by atoms with Gasteiger partial charge >= 0.3 is 59.1 Å². The zero-order valence-electron chi connectivity index (χ0n) is 18.4. The average Bonchev–Trinajstić information content (AvgIpc) is 3.18. The molecule has 3 aromatic carbocycles. The van der Waals surface area contributed by atoms with E-state index in [1.165, 1.54) is 35.7 Å². The molecule has 8 nitrogen and oxygen atoms in total. The van der Waals surface area contributed by atoms with Crippen LogP contribution in [0.25, 0.3) is 11.1 Å². The molecule has 12 heteroatoms. The van der Waals surface area contributed by atoms with Gasteiger partial charge in [-0.3, -0.25) is 4.31 Å². The van der Waals surface area contributed by atoms with Gasteiger partial charge in [0.15, 0.2) is 0 Å². The number of rotatable bonds is 6. The number of anilines is 1. The number of sulfonamides is 1. The Bertz CT molecular complexity index is 1260. The third kappa shape index (κ3) is 6.24. The largest absolute Gasteiger partial charge is 1.00 e. The van der Waals surface area contributed by atoms with Crippen LogP contribution in [0.15, 0.2) is 71.6 Å². The second-order valence-electron chi connectivity index (χ2n) is 6.88. The smallest absolute Gasteiger partial charge is 0.780 e. The maximum atomic E-state index is 13.4. The Hall–Kier alpha value is -0.840. The maximum absolute atomic E-state index is 13.4. The van der Waals surface area contributed by atoms with Gasteiger partial charge in [0.1, 0.15) is 19.3 Å². The van der Waals surface area contributed by atoms with E-state index in [9.17, 15) is 22.8 Å². The first-order chi connectivity index (χ1) is 14.7. The fraction of sp³-hybridized carbons (Fsp3) is 0.143. The summed E-state index contributed by atoms with van der Waals surface area (Å²) in [5.74, 6) is 0.455. The van der Waals surface area contributed by atoms with Crippen molar-refractivity contribution in [3.8, 4) is 22.6 Å². The van der Waals surface area contributed by atoms with E-state index in [-0.39, 0.29) is 69.8 Å². The van der Waals surface area contributed by atoms with E-state index in [4.69, 9.17) is 4.74 Å². The van der Waals surface area contributed by atoms with Crippen molar-refractivity contribution >= 4 is 23.5 Å². The molecule has 0 aromatic heterocycles. The van der Waals surface area contributed by atoms with Gasteiger partial charge in [-0.15, -0.1) is 0 Å². The van der Waals surface area contributed by atoms with Gasteiger partial charge in [0.2, 0.25) is 0 Å². The van der Waals surface area contributed by atoms with E-state index in [1.807, 2.05) is 12.1 Å². The van der Waals surface area contributed by atoms with Crippen molar-refractivity contribution in [2.24, 2.45) is 0 Å². The van der Waals surface area contributed by atoms with Gasteiger partial charge in [-0.05, 0) is 53.9 Å². The van der Waals surface area contributed by atoms with E-state index in [2.05, 4.69) is 4.52 Å². The summed E-state index contributed by atoms with van der Waals surface area (Å²) in [5.41, 5.74) is 2.79. The van der Waals surface area contributed by atoms with Gasteiger partial charge < -0.3 is 23.6 Å². The monoisotopic (exact) mass is 505 g/mol. The van der Waals surface area contributed by atoms with Crippen LogP contribution in [0.5, 0.6) is 11.5 Å². The number of fused-ring (bicyclic) bond motifs is 1. The number of methoxy groups -OCH3 is 1. The molecule has 0 amide bonds. The number of nitrogens with zero attached hydrogens (tertiary/aromatic N) is 1. The van der Waals surface area contributed by atoms with E-state index in [1.54, 1.807) is 30.3 Å². The second-order valence-corrected chi connectivity index (χ2v) is 9.82. The number of para-hydroxylation sites is 1. The fourth-order valence-electron chi connectivity index (χ4n) is 3.59. The Morgan fingerprint density at radius 3 is 2.09 bits per heavy atom. The Labute approximate surface area is 236 Å². The van der Waals surface area contributed by atoms with Crippen LogP contribution in [-0.4, -0.2) is 22.1 Å². The molecular formula is C21H18NNa2O7PS. The van der Waals surface area contributed by atoms with Crippen molar-refractivity contribution in [3.63, 3.8) is 0 Å². The molecule has 0 atom stereocenters. The molecule has 1 aliphatic heterocycles. The second kappa shape index (κ2) is 11.3. The van der Waals surface area contributed by atoms with Crippen LogP contribution in [0, 0.1) is 0 Å². The first-order valence-electron chi connectivity index (χ1n) is 9.30. The van der Waals surface area contributed by atoms with Crippen LogP contribution in [-0.2, 0) is 21.0 Å². The molecule has 0 aliphatic carbocycles. The van der Waals surface area contributed by atoms with Crippen molar-refractivity contribution in [2.75, 3.05) is 18.0 Å². The molecule has 0 saturated heterocycles. The number of benzene rings is 3. The Morgan fingerprint density at radius 2 is 1.52 bits per heavy atom. The molecule has 0 saturated carbocycles. The first kappa shape index (κ1) is 28.4. The van der Waals surface area contributed by atoms with Crippen molar-refractivity contribution in [1.29, 1.82) is 0 Å². The Balaban J connectivity index is 0.00000193. The molecule has 0 N–H and O–H groups in total. The summed E-state index contributed by atoms with van der Waals surface area (Å²) in [5, 5.41) is 0. The fourth-order valence-corrected chi connectivity index (χ4v) is 5.50. The van der Waals surface area contributed by atoms with E-state index >= 15 is 0 Å². The summed E-state index contributed by atoms with van der Waals surface area (Å²) in [7, 11) is -7.45. The van der Waals surface area contributed by atoms with Crippen LogP contribution in [0.4, 0.5) is 5.69 Å². The molecule has 0 bridgehead atoms. The van der Waals surface area contributed by atoms with Crippen LogP contribution >= 0.6 is 7.82 Å². The molecule has 0 spiro atoms. The number of ether oxygens (including phenoxy) is 1. The molecular weight excluding hydrogens is 487 g/mol. The molecule has 1 heterocycles. The molecule has 33 heavy (non-hydrogen) atoms. The SMILES string of the molecule is COc1ccc(S(=O)(=O)N2CCc3cccc(-c4ccc(OP(=O)([O-])[O-])cc4)c32)cc1.[Na+].[Na+]. The number of phosphoric acid groups is 1. The maximum Gasteiger partial charge on any atom is 1.00 e. The third-order valence-electron chi connectivity index (χ3n) is 4.98. The summed E-state index contributed by atoms with van der Waals surface area (Å²) < 4.78 is 48.4. The molecule has 0 unspecified atom stereocenters. The zero-order chi connectivity index (χ0) is 22.2. The van der Waals surface area contributed by atoms with Crippen LogP contribution in [0.2, 0.25) is 0 Å². The minimum atomic E-state index is -5.16. The molecule has 0 radical (unpaired) electrons. The number of hydrogen-bond acceptors (Lipinski definition) is 7. The normalized spacial score (nSPS) is 12.9. The summed E-state index contributed by atoms with van der Waals surface area (Å²) >= 11 is 0. The van der Waals surface area contributed by atoms with E-state index < -0.39 is 17.8 Å². The molecule has 162 valence electrons. The predicted molar refractivity (Wildman–Crippen MR) is 111 cm³/mol. The van der Waals surface area contributed by atoms with Gasteiger partial charge in [0, 0.05) is 12.1 Å². The summed E-state index contributed by atoms with van der Waals surface area (Å²) in [4.78, 5) is 21.8. The standard InChI is InChI=1S/C21H20NO7PS.2Na/c1-28-17-9-11-19(12-10-17)31(26,27)22-14-13-16-3-2-4-20(21(16)22)15-5-7-18(8-6-15)29-30(23,24)25;;/h2-12H,13-14H2,1H3,(H2,23,24,25);;/q;2*+1/p-2. The minimum Gasteiger partial charge on any atom is -0.780 e. The molecule has 1 aliphatic rings. The van der Waals surface area contributed by atoms with Crippen molar-refractivity contribution in [2.45, 2.75) is 11.3 Å². The topological polar surface area (TPSA) is 119 Å². The van der Waals surface area contributed by atoms with Crippen molar-refractivity contribution in [1.82, 2.24) is 0 Å². The predicted octanol–water partition coefficient (Wildman–Crippen LogP) is -3.67.